The molecule has 0 amide bonds. The van der Waals surface area contributed by atoms with E-state index in [1.54, 1.807) is 6.92 Å². The first-order valence-electron chi connectivity index (χ1n) is 6.20. The van der Waals surface area contributed by atoms with Crippen molar-refractivity contribution in [2.45, 2.75) is 52.6 Å². The van der Waals surface area contributed by atoms with Gasteiger partial charge in [0.2, 0.25) is 0 Å². The van der Waals surface area contributed by atoms with Crippen LogP contribution >= 0.6 is 0 Å². The van der Waals surface area contributed by atoms with E-state index in [9.17, 15) is 4.79 Å². The average molecular weight is 234 g/mol. The molecule has 0 radical (unpaired) electrons. The SMILES string of the molecule is CCC(C)(C)Oc1ccc(CCC(C)=O)cc1. The summed E-state index contributed by atoms with van der Waals surface area (Å²) >= 11 is 0. The van der Waals surface area contributed by atoms with Gasteiger partial charge in [0, 0.05) is 6.42 Å². The second-order valence-electron chi connectivity index (χ2n) is 5.06. The molecule has 0 heterocycles. The van der Waals surface area contributed by atoms with Crippen molar-refractivity contribution in [2.24, 2.45) is 0 Å². The normalized spacial score (nSPS) is 11.3. The van der Waals surface area contributed by atoms with Crippen molar-refractivity contribution >= 4 is 5.78 Å². The average Bonchev–Trinajstić information content (AvgIpc) is 2.28. The lowest BCUT2D eigenvalue weighted by atomic mass is 10.1. The number of ether oxygens (including phenoxy) is 1. The number of rotatable bonds is 6. The van der Waals surface area contributed by atoms with Crippen LogP contribution in [-0.4, -0.2) is 11.4 Å². The Kier molecular flexibility index (Phi) is 4.73. The number of hydrogen-bond donors (Lipinski definition) is 0. The summed E-state index contributed by atoms with van der Waals surface area (Å²) in [7, 11) is 0. The molecule has 17 heavy (non-hydrogen) atoms. The maximum atomic E-state index is 10.9. The summed E-state index contributed by atoms with van der Waals surface area (Å²) in [4.78, 5) is 10.9. The highest BCUT2D eigenvalue weighted by Crippen LogP contribution is 2.21. The molecule has 94 valence electrons. The Labute approximate surface area is 104 Å². The van der Waals surface area contributed by atoms with Gasteiger partial charge in [0.05, 0.1) is 0 Å². The Morgan fingerprint density at radius 1 is 1.24 bits per heavy atom. The highest BCUT2D eigenvalue weighted by Gasteiger charge is 2.16. The monoisotopic (exact) mass is 234 g/mol. The maximum Gasteiger partial charge on any atom is 0.130 e. The minimum Gasteiger partial charge on any atom is -0.488 e. The lowest BCUT2D eigenvalue weighted by Gasteiger charge is -2.24. The first kappa shape index (κ1) is 13.8. The Balaban J connectivity index is 2.59. The van der Waals surface area contributed by atoms with Crippen LogP contribution in [0.1, 0.15) is 46.1 Å². The molecule has 0 N–H and O–H groups in total. The van der Waals surface area contributed by atoms with E-state index >= 15 is 0 Å². The highest BCUT2D eigenvalue weighted by atomic mass is 16.5. The third kappa shape index (κ3) is 5.03. The third-order valence-corrected chi connectivity index (χ3v) is 2.93. The molecule has 0 spiro atoms. The van der Waals surface area contributed by atoms with E-state index in [0.717, 1.165) is 18.6 Å². The molecule has 0 aliphatic heterocycles. The fourth-order valence-corrected chi connectivity index (χ4v) is 1.44. The molecular formula is C15H22O2. The van der Waals surface area contributed by atoms with Crippen molar-refractivity contribution in [3.63, 3.8) is 0 Å². The molecule has 0 saturated heterocycles. The number of Topliss-reactive ketones (excluding diaryl/α,β-unsaturated/α-hetero) is 1. The van der Waals surface area contributed by atoms with Gasteiger partial charge in [-0.1, -0.05) is 19.1 Å². The van der Waals surface area contributed by atoms with E-state index in [2.05, 4.69) is 20.8 Å². The van der Waals surface area contributed by atoms with E-state index in [1.807, 2.05) is 24.3 Å². The molecule has 0 aliphatic carbocycles. The van der Waals surface area contributed by atoms with E-state index in [1.165, 1.54) is 5.56 Å². The van der Waals surface area contributed by atoms with E-state index in [4.69, 9.17) is 4.74 Å². The van der Waals surface area contributed by atoms with Gasteiger partial charge in [-0.05, 0) is 51.3 Å². The zero-order valence-electron chi connectivity index (χ0n) is 11.2. The predicted octanol–water partition coefficient (Wildman–Crippen LogP) is 3.78. The summed E-state index contributed by atoms with van der Waals surface area (Å²) in [6.45, 7) is 7.90. The molecule has 0 aliphatic rings. The van der Waals surface area contributed by atoms with Crippen molar-refractivity contribution < 1.29 is 9.53 Å². The van der Waals surface area contributed by atoms with Crippen LogP contribution in [0.2, 0.25) is 0 Å². The summed E-state index contributed by atoms with van der Waals surface area (Å²) in [5.74, 6) is 1.13. The minimum absolute atomic E-state index is 0.124. The number of carbonyl (C=O) groups excluding carboxylic acids is 1. The van der Waals surface area contributed by atoms with Crippen LogP contribution in [0.15, 0.2) is 24.3 Å². The van der Waals surface area contributed by atoms with Crippen LogP contribution in [0.25, 0.3) is 0 Å². The molecular weight excluding hydrogens is 212 g/mol. The van der Waals surface area contributed by atoms with Crippen molar-refractivity contribution in [3.05, 3.63) is 29.8 Å². The lowest BCUT2D eigenvalue weighted by Crippen LogP contribution is -2.26. The van der Waals surface area contributed by atoms with Gasteiger partial charge in [-0.15, -0.1) is 0 Å². The first-order valence-corrected chi connectivity index (χ1v) is 6.20. The third-order valence-electron chi connectivity index (χ3n) is 2.93. The van der Waals surface area contributed by atoms with Gasteiger partial charge in [-0.3, -0.25) is 0 Å². The van der Waals surface area contributed by atoms with Gasteiger partial charge in [0.15, 0.2) is 0 Å². The summed E-state index contributed by atoms with van der Waals surface area (Å²) in [6.07, 6.45) is 2.40. The number of ketones is 1. The number of carbonyl (C=O) groups is 1. The zero-order valence-corrected chi connectivity index (χ0v) is 11.2. The largest absolute Gasteiger partial charge is 0.488 e. The van der Waals surface area contributed by atoms with Gasteiger partial charge in [0.25, 0.3) is 0 Å². The van der Waals surface area contributed by atoms with Gasteiger partial charge < -0.3 is 9.53 Å². The van der Waals surface area contributed by atoms with Crippen molar-refractivity contribution in [1.82, 2.24) is 0 Å². The number of hydrogen-bond acceptors (Lipinski definition) is 2. The topological polar surface area (TPSA) is 26.3 Å². The van der Waals surface area contributed by atoms with Crippen molar-refractivity contribution in [3.8, 4) is 5.75 Å². The standard InChI is InChI=1S/C15H22O2/c1-5-15(3,4)17-14-10-8-13(9-11-14)7-6-12(2)16/h8-11H,5-7H2,1-4H3. The summed E-state index contributed by atoms with van der Waals surface area (Å²) in [5, 5.41) is 0. The number of benzene rings is 1. The van der Waals surface area contributed by atoms with Crippen molar-refractivity contribution in [1.29, 1.82) is 0 Å². The molecule has 2 heteroatoms. The molecule has 1 aromatic carbocycles. The van der Waals surface area contributed by atoms with Gasteiger partial charge >= 0.3 is 0 Å². The van der Waals surface area contributed by atoms with E-state index in [0.29, 0.717) is 6.42 Å². The van der Waals surface area contributed by atoms with Gasteiger partial charge in [-0.2, -0.15) is 0 Å². The van der Waals surface area contributed by atoms with E-state index in [-0.39, 0.29) is 11.4 Å². The van der Waals surface area contributed by atoms with Crippen molar-refractivity contribution in [2.75, 3.05) is 0 Å². The van der Waals surface area contributed by atoms with Crippen LogP contribution in [0.4, 0.5) is 0 Å². The second kappa shape index (κ2) is 5.85. The summed E-state index contributed by atoms with van der Waals surface area (Å²) < 4.78 is 5.86. The first-order chi connectivity index (χ1) is 7.93. The van der Waals surface area contributed by atoms with Crippen LogP contribution in [0.5, 0.6) is 5.75 Å². The fraction of sp³-hybridized carbons (Fsp3) is 0.533. The highest BCUT2D eigenvalue weighted by molar-refractivity contribution is 5.75. The van der Waals surface area contributed by atoms with Gasteiger partial charge in [-0.25, -0.2) is 0 Å². The summed E-state index contributed by atoms with van der Waals surface area (Å²) in [6, 6.07) is 8.02. The number of aryl methyl sites for hydroxylation is 1. The molecule has 0 bridgehead atoms. The molecule has 0 aromatic heterocycles. The van der Waals surface area contributed by atoms with Gasteiger partial charge in [0.1, 0.15) is 17.1 Å². The Bertz CT molecular complexity index is 363. The van der Waals surface area contributed by atoms with Crippen LogP contribution in [0, 0.1) is 0 Å². The predicted molar refractivity (Wildman–Crippen MR) is 70.4 cm³/mol. The van der Waals surface area contributed by atoms with Crippen LogP contribution in [0.3, 0.4) is 0 Å². The fourth-order valence-electron chi connectivity index (χ4n) is 1.44. The Hall–Kier alpha value is -1.31. The lowest BCUT2D eigenvalue weighted by molar-refractivity contribution is -0.116. The smallest absolute Gasteiger partial charge is 0.130 e. The van der Waals surface area contributed by atoms with Crippen LogP contribution < -0.4 is 4.74 Å². The molecule has 0 atom stereocenters. The second-order valence-corrected chi connectivity index (χ2v) is 5.06. The molecule has 0 saturated carbocycles. The maximum absolute atomic E-state index is 10.9. The van der Waals surface area contributed by atoms with E-state index < -0.39 is 0 Å². The summed E-state index contributed by atoms with van der Waals surface area (Å²) in [5.41, 5.74) is 1.06. The molecule has 2 nitrogen and oxygen atoms in total. The van der Waals surface area contributed by atoms with Crippen LogP contribution in [-0.2, 0) is 11.2 Å². The quantitative estimate of drug-likeness (QED) is 0.748. The molecule has 0 unspecified atom stereocenters. The Morgan fingerprint density at radius 2 is 1.82 bits per heavy atom. The zero-order chi connectivity index (χ0) is 12.9. The minimum atomic E-state index is -0.124. The molecule has 0 fully saturated rings. The molecule has 1 rings (SSSR count). The Morgan fingerprint density at radius 3 is 2.29 bits per heavy atom. The molecule has 1 aromatic rings.